The first-order valence-corrected chi connectivity index (χ1v) is 7.54. The first kappa shape index (κ1) is 20.9. The molecule has 0 saturated heterocycles. The zero-order valence-corrected chi connectivity index (χ0v) is 15.2. The number of rotatable bonds is 7. The van der Waals surface area contributed by atoms with Gasteiger partial charge < -0.3 is 20.1 Å². The molecule has 0 heterocycles. The molecule has 6 nitrogen and oxygen atoms in total. The summed E-state index contributed by atoms with van der Waals surface area (Å²) in [6, 6.07) is -1.59. The smallest absolute Gasteiger partial charge is 0.325 e. The molecule has 0 aromatic rings. The van der Waals surface area contributed by atoms with Crippen LogP contribution in [0.1, 0.15) is 41.5 Å². The molecule has 0 aromatic heterocycles. The Morgan fingerprint density at radius 2 is 1.05 bits per heavy atom. The monoisotopic (exact) mass is 316 g/mol. The quantitative estimate of drug-likeness (QED) is 0.690. The highest BCUT2D eigenvalue weighted by molar-refractivity contribution is 5.87. The minimum absolute atomic E-state index is 0.0308. The van der Waals surface area contributed by atoms with Gasteiger partial charge in [0.25, 0.3) is 0 Å². The van der Waals surface area contributed by atoms with Gasteiger partial charge in [-0.05, 0) is 10.8 Å². The normalized spacial score (nSPS) is 15.1. The predicted octanol–water partition coefficient (Wildman–Crippen LogP) is 1.34. The third-order valence-electron chi connectivity index (χ3n) is 2.95. The van der Waals surface area contributed by atoms with Gasteiger partial charge in [0.05, 0.1) is 14.2 Å². The van der Waals surface area contributed by atoms with E-state index in [0.29, 0.717) is 13.1 Å². The highest BCUT2D eigenvalue weighted by Gasteiger charge is 2.36. The summed E-state index contributed by atoms with van der Waals surface area (Å²) in [5.41, 5.74) is -0.0616. The maximum Gasteiger partial charge on any atom is 0.325 e. The lowest BCUT2D eigenvalue weighted by molar-refractivity contribution is -0.152. The highest BCUT2D eigenvalue weighted by Crippen LogP contribution is 2.14. The molecule has 130 valence electrons. The number of carbonyl (C=O) groups excluding carboxylic acids is 2. The summed E-state index contributed by atoms with van der Waals surface area (Å²) >= 11 is 0. The highest BCUT2D eigenvalue weighted by atomic mass is 16.5. The van der Waals surface area contributed by atoms with E-state index in [-0.39, 0.29) is 10.8 Å². The molecular formula is C16H32N2O4. The van der Waals surface area contributed by atoms with Crippen LogP contribution in [0.2, 0.25) is 0 Å². The molecule has 0 aliphatic carbocycles. The van der Waals surface area contributed by atoms with E-state index in [1.165, 1.54) is 14.2 Å². The second kappa shape index (κ2) is 8.48. The Hall–Kier alpha value is -1.14. The van der Waals surface area contributed by atoms with Crippen LogP contribution in [0.3, 0.4) is 0 Å². The molecule has 2 atom stereocenters. The van der Waals surface area contributed by atoms with Crippen LogP contribution in [-0.4, -0.2) is 51.3 Å². The first-order valence-electron chi connectivity index (χ1n) is 7.54. The van der Waals surface area contributed by atoms with E-state index in [2.05, 4.69) is 10.6 Å². The molecule has 0 radical (unpaired) electrons. The number of hydrogen-bond donors (Lipinski definition) is 2. The molecule has 0 aromatic carbocycles. The fourth-order valence-electron chi connectivity index (χ4n) is 1.76. The summed E-state index contributed by atoms with van der Waals surface area (Å²) in [5, 5.41) is 6.25. The first-order chi connectivity index (χ1) is 9.91. The standard InChI is InChI=1S/C16H32N2O4/c1-15(2,3)9-17-11(13(19)21-7)12(14(20)22-8)18-10-16(4,5)6/h11-12,17-18H,9-10H2,1-8H3. The van der Waals surface area contributed by atoms with Gasteiger partial charge >= 0.3 is 11.9 Å². The predicted molar refractivity (Wildman–Crippen MR) is 86.5 cm³/mol. The van der Waals surface area contributed by atoms with Crippen molar-refractivity contribution in [1.29, 1.82) is 0 Å². The van der Waals surface area contributed by atoms with Gasteiger partial charge in [-0.2, -0.15) is 0 Å². The Balaban J connectivity index is 5.18. The van der Waals surface area contributed by atoms with Crippen molar-refractivity contribution in [2.24, 2.45) is 10.8 Å². The lowest BCUT2D eigenvalue weighted by atomic mass is 9.94. The van der Waals surface area contributed by atoms with E-state index in [9.17, 15) is 9.59 Å². The van der Waals surface area contributed by atoms with Gasteiger partial charge in [0.15, 0.2) is 0 Å². The average Bonchev–Trinajstić information content (AvgIpc) is 2.38. The minimum Gasteiger partial charge on any atom is -0.468 e. The molecule has 2 unspecified atom stereocenters. The van der Waals surface area contributed by atoms with E-state index in [0.717, 1.165) is 0 Å². The van der Waals surface area contributed by atoms with Gasteiger partial charge in [0.1, 0.15) is 12.1 Å². The van der Waals surface area contributed by atoms with E-state index >= 15 is 0 Å². The Kier molecular flexibility index (Phi) is 8.04. The molecule has 2 N–H and O–H groups in total. The minimum atomic E-state index is -0.793. The number of ether oxygens (including phenoxy) is 2. The number of carbonyl (C=O) groups is 2. The summed E-state index contributed by atoms with van der Waals surface area (Å²) in [7, 11) is 2.62. The second-order valence-corrected chi connectivity index (χ2v) is 7.88. The molecule has 0 spiro atoms. The zero-order valence-electron chi connectivity index (χ0n) is 15.2. The second-order valence-electron chi connectivity index (χ2n) is 7.88. The van der Waals surface area contributed by atoms with Crippen molar-refractivity contribution in [2.75, 3.05) is 27.3 Å². The summed E-state index contributed by atoms with van der Waals surface area (Å²) in [6.45, 7) is 13.4. The molecular weight excluding hydrogens is 284 g/mol. The fourth-order valence-corrected chi connectivity index (χ4v) is 1.76. The molecule has 0 aliphatic heterocycles. The summed E-state index contributed by atoms with van der Waals surface area (Å²) in [5.74, 6) is -0.970. The van der Waals surface area contributed by atoms with Crippen LogP contribution in [0, 0.1) is 10.8 Å². The van der Waals surface area contributed by atoms with Crippen molar-refractivity contribution >= 4 is 11.9 Å². The van der Waals surface area contributed by atoms with Crippen molar-refractivity contribution < 1.29 is 19.1 Å². The Labute approximate surface area is 134 Å². The van der Waals surface area contributed by atoms with Crippen LogP contribution in [0.5, 0.6) is 0 Å². The van der Waals surface area contributed by atoms with Gasteiger partial charge in [-0.15, -0.1) is 0 Å². The topological polar surface area (TPSA) is 76.7 Å². The van der Waals surface area contributed by atoms with Gasteiger partial charge in [0, 0.05) is 13.1 Å². The van der Waals surface area contributed by atoms with Crippen LogP contribution < -0.4 is 10.6 Å². The Bertz CT molecular complexity index is 333. The van der Waals surface area contributed by atoms with Crippen LogP contribution >= 0.6 is 0 Å². The van der Waals surface area contributed by atoms with Crippen molar-refractivity contribution in [1.82, 2.24) is 10.6 Å². The molecule has 0 rings (SSSR count). The van der Waals surface area contributed by atoms with Crippen molar-refractivity contribution in [3.05, 3.63) is 0 Å². The summed E-state index contributed by atoms with van der Waals surface area (Å²) < 4.78 is 9.67. The number of hydrogen-bond acceptors (Lipinski definition) is 6. The van der Waals surface area contributed by atoms with Crippen molar-refractivity contribution in [2.45, 2.75) is 53.6 Å². The Morgan fingerprint density at radius 1 is 0.773 bits per heavy atom. The largest absolute Gasteiger partial charge is 0.468 e. The van der Waals surface area contributed by atoms with E-state index in [4.69, 9.17) is 9.47 Å². The van der Waals surface area contributed by atoms with Crippen LogP contribution in [-0.2, 0) is 19.1 Å². The SMILES string of the molecule is COC(=O)C(NCC(C)(C)C)C(NCC(C)(C)C)C(=O)OC. The molecule has 0 saturated carbocycles. The Morgan fingerprint density at radius 3 is 1.23 bits per heavy atom. The van der Waals surface area contributed by atoms with E-state index in [1.54, 1.807) is 0 Å². The van der Waals surface area contributed by atoms with Gasteiger partial charge in [-0.3, -0.25) is 9.59 Å². The number of nitrogens with one attached hydrogen (secondary N) is 2. The third-order valence-corrected chi connectivity index (χ3v) is 2.95. The van der Waals surface area contributed by atoms with Gasteiger partial charge in [0.2, 0.25) is 0 Å². The average molecular weight is 316 g/mol. The van der Waals surface area contributed by atoms with Crippen LogP contribution in [0.15, 0.2) is 0 Å². The molecule has 0 aliphatic rings. The van der Waals surface area contributed by atoms with Crippen LogP contribution in [0.25, 0.3) is 0 Å². The van der Waals surface area contributed by atoms with Gasteiger partial charge in [-0.25, -0.2) is 0 Å². The van der Waals surface area contributed by atoms with Crippen molar-refractivity contribution in [3.8, 4) is 0 Å². The fraction of sp³-hybridized carbons (Fsp3) is 0.875. The van der Waals surface area contributed by atoms with Crippen molar-refractivity contribution in [3.63, 3.8) is 0 Å². The molecule has 22 heavy (non-hydrogen) atoms. The van der Waals surface area contributed by atoms with Gasteiger partial charge in [-0.1, -0.05) is 41.5 Å². The maximum atomic E-state index is 12.1. The molecule has 0 amide bonds. The summed E-state index contributed by atoms with van der Waals surface area (Å²) in [6.07, 6.45) is 0. The lowest BCUT2D eigenvalue weighted by Gasteiger charge is -2.30. The lowest BCUT2D eigenvalue weighted by Crippen LogP contribution is -2.59. The van der Waals surface area contributed by atoms with E-state index in [1.807, 2.05) is 41.5 Å². The van der Waals surface area contributed by atoms with E-state index < -0.39 is 24.0 Å². The molecule has 0 bridgehead atoms. The molecule has 0 fully saturated rings. The number of esters is 2. The third kappa shape index (κ3) is 8.34. The number of methoxy groups -OCH3 is 2. The molecule has 6 heteroatoms. The summed E-state index contributed by atoms with van der Waals surface area (Å²) in [4.78, 5) is 24.2. The maximum absolute atomic E-state index is 12.1. The zero-order chi connectivity index (χ0) is 17.6. The van der Waals surface area contributed by atoms with Crippen LogP contribution in [0.4, 0.5) is 0 Å².